The van der Waals surface area contributed by atoms with E-state index in [0.717, 1.165) is 38.0 Å². The fourth-order valence-electron chi connectivity index (χ4n) is 1.84. The zero-order chi connectivity index (χ0) is 17.3. The Morgan fingerprint density at radius 2 is 2.04 bits per heavy atom. The number of aromatic nitrogens is 1. The Labute approximate surface area is 162 Å². The number of aliphatic imine (C=N–C) groups is 1. The van der Waals surface area contributed by atoms with Gasteiger partial charge in [-0.05, 0) is 7.05 Å². The van der Waals surface area contributed by atoms with Crippen molar-refractivity contribution in [1.29, 1.82) is 0 Å². The number of methoxy groups -OCH3 is 1. The summed E-state index contributed by atoms with van der Waals surface area (Å²) in [7, 11) is 5.53. The Balaban J connectivity index is 0.00000529. The molecule has 1 heterocycles. The van der Waals surface area contributed by atoms with Gasteiger partial charge in [0.2, 0.25) is 5.89 Å². The Hall–Kier alpha value is -0.870. The first-order valence-electron chi connectivity index (χ1n) is 7.94. The van der Waals surface area contributed by atoms with E-state index in [-0.39, 0.29) is 29.4 Å². The lowest BCUT2D eigenvalue weighted by Crippen LogP contribution is -2.41. The fourth-order valence-corrected chi connectivity index (χ4v) is 1.84. The Morgan fingerprint density at radius 3 is 2.58 bits per heavy atom. The van der Waals surface area contributed by atoms with Crippen molar-refractivity contribution in [3.63, 3.8) is 0 Å². The summed E-state index contributed by atoms with van der Waals surface area (Å²) in [6.07, 6.45) is 1.79. The van der Waals surface area contributed by atoms with Crippen LogP contribution in [0.5, 0.6) is 0 Å². The number of hydrogen-bond acceptors (Lipinski definition) is 5. The van der Waals surface area contributed by atoms with Crippen molar-refractivity contribution < 1.29 is 9.15 Å². The maximum Gasteiger partial charge on any atom is 0.213 e. The minimum Gasteiger partial charge on any atom is -0.443 e. The second-order valence-electron chi connectivity index (χ2n) is 6.52. The molecule has 2 N–H and O–H groups in total. The number of nitrogens with one attached hydrogen (secondary N) is 2. The highest BCUT2D eigenvalue weighted by Gasteiger charge is 2.19. The molecule has 0 saturated heterocycles. The first-order chi connectivity index (χ1) is 10.9. The highest BCUT2D eigenvalue weighted by atomic mass is 127. The van der Waals surface area contributed by atoms with Crippen LogP contribution in [-0.4, -0.2) is 63.3 Å². The summed E-state index contributed by atoms with van der Waals surface area (Å²) in [6.45, 7) is 10.2. The van der Waals surface area contributed by atoms with Crippen molar-refractivity contribution in [2.24, 2.45) is 4.99 Å². The molecule has 24 heavy (non-hydrogen) atoms. The molecule has 0 aliphatic heterocycles. The molecule has 0 aliphatic carbocycles. The molecular formula is C16H32IN5O2. The summed E-state index contributed by atoms with van der Waals surface area (Å²) in [4.78, 5) is 10.7. The van der Waals surface area contributed by atoms with Crippen molar-refractivity contribution in [2.75, 3.05) is 47.4 Å². The Morgan fingerprint density at radius 1 is 1.33 bits per heavy atom. The van der Waals surface area contributed by atoms with E-state index < -0.39 is 0 Å². The normalized spacial score (nSPS) is 12.2. The van der Waals surface area contributed by atoms with Crippen LogP contribution in [-0.2, 0) is 16.7 Å². The van der Waals surface area contributed by atoms with E-state index in [1.807, 2.05) is 0 Å². The lowest BCUT2D eigenvalue weighted by molar-refractivity contribution is 0.162. The molecule has 0 fully saturated rings. The number of oxazole rings is 1. The largest absolute Gasteiger partial charge is 0.443 e. The molecule has 0 unspecified atom stereocenters. The maximum absolute atomic E-state index is 5.75. The van der Waals surface area contributed by atoms with Crippen molar-refractivity contribution in [2.45, 2.75) is 32.7 Å². The second-order valence-corrected chi connectivity index (χ2v) is 6.52. The monoisotopic (exact) mass is 453 g/mol. The lowest BCUT2D eigenvalue weighted by Gasteiger charge is -2.17. The van der Waals surface area contributed by atoms with Crippen LogP contribution in [0.4, 0.5) is 0 Å². The van der Waals surface area contributed by atoms with E-state index in [1.54, 1.807) is 20.4 Å². The second kappa shape index (κ2) is 11.6. The lowest BCUT2D eigenvalue weighted by atomic mass is 9.94. The first-order valence-corrected chi connectivity index (χ1v) is 7.94. The topological polar surface area (TPSA) is 74.9 Å². The van der Waals surface area contributed by atoms with Crippen LogP contribution in [0.1, 0.15) is 32.4 Å². The number of rotatable bonds is 8. The molecule has 7 nitrogen and oxygen atoms in total. The third kappa shape index (κ3) is 8.84. The minimum atomic E-state index is -0.0298. The van der Waals surface area contributed by atoms with Gasteiger partial charge >= 0.3 is 0 Å². The number of likely N-dealkylation sites (N-methyl/N-ethyl adjacent to an activating group) is 1. The highest BCUT2D eigenvalue weighted by molar-refractivity contribution is 14.0. The van der Waals surface area contributed by atoms with Gasteiger partial charge < -0.3 is 24.7 Å². The summed E-state index contributed by atoms with van der Waals surface area (Å²) >= 11 is 0. The molecule has 0 aromatic carbocycles. The summed E-state index contributed by atoms with van der Waals surface area (Å²) in [5.41, 5.74) is -0.0298. The standard InChI is InChI=1S/C16H31N5O2.HI/c1-16(2,3)13-11-19-14(23-13)12-20-15(17-4)18-7-8-21(5)9-10-22-6;/h11H,7-10,12H2,1-6H3,(H2,17,18,20);1H. The van der Waals surface area contributed by atoms with E-state index in [4.69, 9.17) is 9.15 Å². The summed E-state index contributed by atoms with van der Waals surface area (Å²) in [5, 5.41) is 6.48. The zero-order valence-corrected chi connectivity index (χ0v) is 18.0. The van der Waals surface area contributed by atoms with Gasteiger partial charge in [0, 0.05) is 39.2 Å². The first kappa shape index (κ1) is 23.1. The molecule has 1 rings (SSSR count). The molecule has 140 valence electrons. The smallest absolute Gasteiger partial charge is 0.213 e. The average Bonchev–Trinajstić information content (AvgIpc) is 2.97. The predicted molar refractivity (Wildman–Crippen MR) is 108 cm³/mol. The molecule has 0 atom stereocenters. The number of guanidine groups is 1. The summed E-state index contributed by atoms with van der Waals surface area (Å²) in [6, 6.07) is 0. The zero-order valence-electron chi connectivity index (χ0n) is 15.7. The Bertz CT molecular complexity index is 485. The Kier molecular flexibility index (Phi) is 11.2. The minimum absolute atomic E-state index is 0. The van der Waals surface area contributed by atoms with Crippen LogP contribution in [0, 0.1) is 0 Å². The molecule has 0 amide bonds. The van der Waals surface area contributed by atoms with Gasteiger partial charge in [0.15, 0.2) is 5.96 Å². The number of ether oxygens (including phenoxy) is 1. The van der Waals surface area contributed by atoms with E-state index in [9.17, 15) is 0 Å². The van der Waals surface area contributed by atoms with Gasteiger partial charge in [-0.2, -0.15) is 0 Å². The molecule has 1 aromatic heterocycles. The van der Waals surface area contributed by atoms with Gasteiger partial charge in [-0.1, -0.05) is 20.8 Å². The summed E-state index contributed by atoms with van der Waals surface area (Å²) < 4.78 is 10.8. The van der Waals surface area contributed by atoms with E-state index >= 15 is 0 Å². The average molecular weight is 453 g/mol. The molecule has 1 aromatic rings. The van der Waals surface area contributed by atoms with Gasteiger partial charge in [-0.25, -0.2) is 4.98 Å². The molecule has 0 radical (unpaired) electrons. The third-order valence-corrected chi connectivity index (χ3v) is 3.39. The fraction of sp³-hybridized carbons (Fsp3) is 0.750. The van der Waals surface area contributed by atoms with Crippen LogP contribution in [0.15, 0.2) is 15.6 Å². The van der Waals surface area contributed by atoms with Crippen LogP contribution >= 0.6 is 24.0 Å². The van der Waals surface area contributed by atoms with Crippen LogP contribution < -0.4 is 10.6 Å². The molecule has 8 heteroatoms. The van der Waals surface area contributed by atoms with Crippen molar-refractivity contribution >= 4 is 29.9 Å². The molecular weight excluding hydrogens is 421 g/mol. The van der Waals surface area contributed by atoms with Gasteiger partial charge in [-0.3, -0.25) is 4.99 Å². The van der Waals surface area contributed by atoms with Crippen LogP contribution in [0.2, 0.25) is 0 Å². The van der Waals surface area contributed by atoms with Gasteiger partial charge in [0.05, 0.1) is 19.3 Å². The van der Waals surface area contributed by atoms with Crippen LogP contribution in [0.3, 0.4) is 0 Å². The summed E-state index contributed by atoms with van der Waals surface area (Å²) in [5.74, 6) is 2.28. The van der Waals surface area contributed by atoms with E-state index in [1.165, 1.54) is 0 Å². The van der Waals surface area contributed by atoms with Gasteiger partial charge in [0.25, 0.3) is 0 Å². The van der Waals surface area contributed by atoms with Gasteiger partial charge in [-0.15, -0.1) is 24.0 Å². The number of nitrogens with zero attached hydrogens (tertiary/aromatic N) is 3. The van der Waals surface area contributed by atoms with E-state index in [2.05, 4.69) is 53.3 Å². The molecule has 0 spiro atoms. The highest BCUT2D eigenvalue weighted by Crippen LogP contribution is 2.22. The van der Waals surface area contributed by atoms with Crippen molar-refractivity contribution in [3.05, 3.63) is 17.8 Å². The van der Waals surface area contributed by atoms with Crippen molar-refractivity contribution in [1.82, 2.24) is 20.5 Å². The predicted octanol–water partition coefficient (Wildman–Crippen LogP) is 1.83. The maximum atomic E-state index is 5.75. The molecule has 0 aliphatic rings. The molecule has 0 bridgehead atoms. The van der Waals surface area contributed by atoms with Gasteiger partial charge in [0.1, 0.15) is 5.76 Å². The van der Waals surface area contributed by atoms with Crippen LogP contribution in [0.25, 0.3) is 0 Å². The number of halogens is 1. The third-order valence-electron chi connectivity index (χ3n) is 3.39. The van der Waals surface area contributed by atoms with E-state index in [0.29, 0.717) is 12.4 Å². The number of hydrogen-bond donors (Lipinski definition) is 2. The molecule has 0 saturated carbocycles. The quantitative estimate of drug-likeness (QED) is 0.356. The van der Waals surface area contributed by atoms with Crippen molar-refractivity contribution in [3.8, 4) is 0 Å². The SMILES string of the molecule is CN=C(NCCN(C)CCOC)NCc1ncc(C(C)(C)C)o1.I.